The Hall–Kier alpha value is -0.210. The molecule has 0 spiro atoms. The summed E-state index contributed by atoms with van der Waals surface area (Å²) in [4.78, 5) is 1.38. The normalized spacial score (nSPS) is 36.3. The number of aliphatic hydroxyl groups is 1. The first-order chi connectivity index (χ1) is 5.38. The molecule has 0 aromatic carbocycles. The van der Waals surface area contributed by atoms with E-state index in [1.807, 2.05) is 11.8 Å². The van der Waals surface area contributed by atoms with Crippen LogP contribution in [0.5, 0.6) is 0 Å². The molecule has 1 saturated heterocycles. The summed E-state index contributed by atoms with van der Waals surface area (Å²) in [5, 5.41) is 9.62. The molecule has 2 unspecified atom stereocenters. The van der Waals surface area contributed by atoms with Crippen molar-refractivity contribution in [2.75, 3.05) is 5.75 Å². The van der Waals surface area contributed by atoms with E-state index >= 15 is 0 Å². The minimum Gasteiger partial charge on any atom is -0.392 e. The highest BCUT2D eigenvalue weighted by Gasteiger charge is 2.27. The van der Waals surface area contributed by atoms with Crippen LogP contribution in [0.2, 0.25) is 0 Å². The third-order valence-electron chi connectivity index (χ3n) is 2.30. The average Bonchev–Trinajstić information content (AvgIpc) is 2.06. The van der Waals surface area contributed by atoms with Gasteiger partial charge in [0.15, 0.2) is 0 Å². The highest BCUT2D eigenvalue weighted by atomic mass is 32.2. The second-order valence-corrected chi connectivity index (χ2v) is 4.21. The molecule has 1 aliphatic carbocycles. The van der Waals surface area contributed by atoms with Crippen molar-refractivity contribution in [3.05, 3.63) is 23.1 Å². The summed E-state index contributed by atoms with van der Waals surface area (Å²) in [5.74, 6) is 1.50. The van der Waals surface area contributed by atoms with Crippen molar-refractivity contribution in [2.24, 2.45) is 5.92 Å². The summed E-state index contributed by atoms with van der Waals surface area (Å²) < 4.78 is 0. The molecule has 60 valence electrons. The van der Waals surface area contributed by atoms with Crippen LogP contribution in [0, 0.1) is 5.92 Å². The number of hydrogen-bond acceptors (Lipinski definition) is 2. The zero-order chi connectivity index (χ0) is 7.68. The van der Waals surface area contributed by atoms with E-state index in [0.29, 0.717) is 5.92 Å². The SMILES string of the molecule is OC1CCSC2=CC=CCC21. The Morgan fingerprint density at radius 1 is 1.55 bits per heavy atom. The van der Waals surface area contributed by atoms with E-state index in [1.165, 1.54) is 4.91 Å². The lowest BCUT2D eigenvalue weighted by Gasteiger charge is -2.30. The molecule has 2 atom stereocenters. The third-order valence-corrected chi connectivity index (χ3v) is 3.51. The summed E-state index contributed by atoms with van der Waals surface area (Å²) in [5.41, 5.74) is 0. The highest BCUT2D eigenvalue weighted by Crippen LogP contribution is 2.38. The largest absolute Gasteiger partial charge is 0.392 e. The fourth-order valence-corrected chi connectivity index (χ4v) is 2.87. The third kappa shape index (κ3) is 1.37. The Morgan fingerprint density at radius 2 is 2.45 bits per heavy atom. The Bertz CT molecular complexity index is 208. The van der Waals surface area contributed by atoms with Gasteiger partial charge in [-0.25, -0.2) is 0 Å². The Balaban J connectivity index is 2.18. The number of hydrogen-bond donors (Lipinski definition) is 1. The quantitative estimate of drug-likeness (QED) is 0.596. The molecule has 0 saturated carbocycles. The van der Waals surface area contributed by atoms with Gasteiger partial charge in [0.25, 0.3) is 0 Å². The maximum Gasteiger partial charge on any atom is 0.0624 e. The molecule has 2 rings (SSSR count). The lowest BCUT2D eigenvalue weighted by atomic mass is 9.92. The molecular weight excluding hydrogens is 156 g/mol. The minimum atomic E-state index is -0.0903. The zero-order valence-corrected chi connectivity index (χ0v) is 7.18. The van der Waals surface area contributed by atoms with E-state index in [0.717, 1.165) is 18.6 Å². The first-order valence-electron chi connectivity index (χ1n) is 4.05. The van der Waals surface area contributed by atoms with Crippen LogP contribution in [0.25, 0.3) is 0 Å². The lowest BCUT2D eigenvalue weighted by molar-refractivity contribution is 0.123. The summed E-state index contributed by atoms with van der Waals surface area (Å²) >= 11 is 1.90. The van der Waals surface area contributed by atoms with E-state index in [-0.39, 0.29) is 6.10 Å². The standard InChI is InChI=1S/C9H12OS/c10-8-5-6-11-9-4-2-1-3-7(8)9/h1-2,4,7-8,10H,3,5-6H2. The number of aliphatic hydroxyl groups excluding tert-OH is 1. The minimum absolute atomic E-state index is 0.0903. The van der Waals surface area contributed by atoms with E-state index in [2.05, 4.69) is 18.2 Å². The van der Waals surface area contributed by atoms with Crippen molar-refractivity contribution in [1.29, 1.82) is 0 Å². The van der Waals surface area contributed by atoms with Crippen molar-refractivity contribution in [2.45, 2.75) is 18.9 Å². The molecule has 0 bridgehead atoms. The summed E-state index contributed by atoms with van der Waals surface area (Å²) in [6, 6.07) is 0. The second-order valence-electron chi connectivity index (χ2n) is 3.04. The van der Waals surface area contributed by atoms with Crippen molar-refractivity contribution in [1.82, 2.24) is 0 Å². The van der Waals surface area contributed by atoms with Gasteiger partial charge in [-0.1, -0.05) is 18.2 Å². The predicted octanol–water partition coefficient (Wildman–Crippen LogP) is 1.94. The molecule has 1 fully saturated rings. The lowest BCUT2D eigenvalue weighted by Crippen LogP contribution is -2.26. The van der Waals surface area contributed by atoms with Gasteiger partial charge in [0.05, 0.1) is 6.10 Å². The van der Waals surface area contributed by atoms with Gasteiger partial charge in [-0.2, -0.15) is 0 Å². The molecule has 1 nitrogen and oxygen atoms in total. The average molecular weight is 168 g/mol. The van der Waals surface area contributed by atoms with E-state index in [4.69, 9.17) is 0 Å². The molecular formula is C9H12OS. The maximum absolute atomic E-state index is 9.62. The van der Waals surface area contributed by atoms with Gasteiger partial charge in [-0.3, -0.25) is 0 Å². The molecule has 0 aromatic rings. The smallest absolute Gasteiger partial charge is 0.0624 e. The van der Waals surface area contributed by atoms with Gasteiger partial charge < -0.3 is 5.11 Å². The van der Waals surface area contributed by atoms with Gasteiger partial charge in [-0.05, 0) is 17.7 Å². The first kappa shape index (κ1) is 7.44. The van der Waals surface area contributed by atoms with Crippen molar-refractivity contribution >= 4 is 11.8 Å². The fraction of sp³-hybridized carbons (Fsp3) is 0.556. The van der Waals surface area contributed by atoms with Crippen LogP contribution in [0.3, 0.4) is 0 Å². The summed E-state index contributed by atoms with van der Waals surface area (Å²) in [6.45, 7) is 0. The van der Waals surface area contributed by atoms with E-state index < -0.39 is 0 Å². The van der Waals surface area contributed by atoms with Crippen LogP contribution in [0.15, 0.2) is 23.1 Å². The van der Waals surface area contributed by atoms with Gasteiger partial charge in [0.2, 0.25) is 0 Å². The molecule has 0 radical (unpaired) electrons. The van der Waals surface area contributed by atoms with Gasteiger partial charge in [-0.15, -0.1) is 11.8 Å². The Kier molecular flexibility index (Phi) is 2.05. The monoisotopic (exact) mass is 168 g/mol. The number of allylic oxidation sites excluding steroid dienone is 3. The molecule has 11 heavy (non-hydrogen) atoms. The molecule has 1 N–H and O–H groups in total. The van der Waals surface area contributed by atoms with Crippen molar-refractivity contribution < 1.29 is 5.11 Å². The molecule has 0 amide bonds. The molecule has 0 aromatic heterocycles. The fourth-order valence-electron chi connectivity index (χ4n) is 1.63. The first-order valence-corrected chi connectivity index (χ1v) is 5.04. The number of rotatable bonds is 0. The van der Waals surface area contributed by atoms with Gasteiger partial charge in [0.1, 0.15) is 0 Å². The van der Waals surface area contributed by atoms with Crippen LogP contribution >= 0.6 is 11.8 Å². The molecule has 1 aliphatic heterocycles. The van der Waals surface area contributed by atoms with Crippen molar-refractivity contribution in [3.63, 3.8) is 0 Å². The summed E-state index contributed by atoms with van der Waals surface area (Å²) in [7, 11) is 0. The van der Waals surface area contributed by atoms with Gasteiger partial charge in [0, 0.05) is 11.7 Å². The number of fused-ring (bicyclic) bond motifs is 1. The van der Waals surface area contributed by atoms with Crippen LogP contribution in [-0.4, -0.2) is 17.0 Å². The molecule has 2 heteroatoms. The van der Waals surface area contributed by atoms with Crippen LogP contribution < -0.4 is 0 Å². The topological polar surface area (TPSA) is 20.2 Å². The Morgan fingerprint density at radius 3 is 3.27 bits per heavy atom. The summed E-state index contributed by atoms with van der Waals surface area (Å²) in [6.07, 6.45) is 8.27. The zero-order valence-electron chi connectivity index (χ0n) is 6.36. The maximum atomic E-state index is 9.62. The Labute approximate surface area is 71.2 Å². The molecule has 1 heterocycles. The van der Waals surface area contributed by atoms with Crippen LogP contribution in [-0.2, 0) is 0 Å². The predicted molar refractivity (Wildman–Crippen MR) is 48.4 cm³/mol. The van der Waals surface area contributed by atoms with Crippen LogP contribution in [0.4, 0.5) is 0 Å². The number of thioether (sulfide) groups is 1. The van der Waals surface area contributed by atoms with E-state index in [1.54, 1.807) is 0 Å². The molecule has 2 aliphatic rings. The van der Waals surface area contributed by atoms with Crippen LogP contribution in [0.1, 0.15) is 12.8 Å². The van der Waals surface area contributed by atoms with Gasteiger partial charge >= 0.3 is 0 Å². The highest BCUT2D eigenvalue weighted by molar-refractivity contribution is 8.03. The van der Waals surface area contributed by atoms with E-state index in [9.17, 15) is 5.11 Å². The second kappa shape index (κ2) is 3.03. The van der Waals surface area contributed by atoms with Crippen molar-refractivity contribution in [3.8, 4) is 0 Å².